The number of aliphatic hydroxyl groups excluding tert-OH is 2. The van der Waals surface area contributed by atoms with Crippen molar-refractivity contribution in [2.75, 3.05) is 7.11 Å². The molecule has 0 aromatic heterocycles. The minimum atomic E-state index is -0.840. The van der Waals surface area contributed by atoms with Crippen LogP contribution >= 0.6 is 0 Å². The summed E-state index contributed by atoms with van der Waals surface area (Å²) in [4.78, 5) is 0. The molecule has 0 amide bonds. The first kappa shape index (κ1) is 8.93. The third-order valence-electron chi connectivity index (χ3n) is 1.97. The van der Waals surface area contributed by atoms with Crippen LogP contribution in [0.4, 0.5) is 0 Å². The third kappa shape index (κ3) is 1.90. The highest BCUT2D eigenvalue weighted by atomic mass is 16.6. The molecule has 66 valence electrons. The van der Waals surface area contributed by atoms with Gasteiger partial charge in [-0.25, -0.2) is 0 Å². The summed E-state index contributed by atoms with van der Waals surface area (Å²) in [6, 6.07) is 0. The zero-order valence-electron chi connectivity index (χ0n) is 6.73. The van der Waals surface area contributed by atoms with Crippen molar-refractivity contribution in [1.29, 1.82) is 0 Å². The second-order valence-corrected chi connectivity index (χ2v) is 2.80. The van der Waals surface area contributed by atoms with E-state index in [0.717, 1.165) is 0 Å². The van der Waals surface area contributed by atoms with E-state index in [1.807, 2.05) is 0 Å². The molecule has 1 heterocycles. The highest BCUT2D eigenvalue weighted by molar-refractivity contribution is 4.81. The summed E-state index contributed by atoms with van der Waals surface area (Å²) in [5, 5.41) is 18.3. The molecule has 0 unspecified atom stereocenters. The molecule has 11 heavy (non-hydrogen) atoms. The Morgan fingerprint density at radius 3 is 2.55 bits per heavy atom. The Morgan fingerprint density at radius 2 is 2.18 bits per heavy atom. The van der Waals surface area contributed by atoms with E-state index in [1.165, 1.54) is 0 Å². The summed E-state index contributed by atoms with van der Waals surface area (Å²) in [7, 11) is 1.55. The van der Waals surface area contributed by atoms with Crippen LogP contribution in [0.15, 0.2) is 0 Å². The number of ether oxygens (including phenoxy) is 2. The summed E-state index contributed by atoms with van der Waals surface area (Å²) in [6.07, 6.45) is -1.75. The quantitative estimate of drug-likeness (QED) is 0.574. The third-order valence-corrected chi connectivity index (χ3v) is 1.97. The smallest absolute Gasteiger partial charge is 0.157 e. The summed E-state index contributed by atoms with van der Waals surface area (Å²) in [5.41, 5.74) is 0. The molecule has 1 rings (SSSR count). The molecule has 1 saturated heterocycles. The maximum Gasteiger partial charge on any atom is 0.157 e. The van der Waals surface area contributed by atoms with Crippen LogP contribution in [-0.2, 0) is 9.47 Å². The van der Waals surface area contributed by atoms with Crippen molar-refractivity contribution in [2.24, 2.45) is 0 Å². The molecule has 4 nitrogen and oxygen atoms in total. The summed E-state index contributed by atoms with van der Waals surface area (Å²) < 4.78 is 9.96. The fourth-order valence-electron chi connectivity index (χ4n) is 1.23. The van der Waals surface area contributed by atoms with E-state index in [1.54, 1.807) is 14.0 Å². The van der Waals surface area contributed by atoms with Gasteiger partial charge in [-0.3, -0.25) is 0 Å². The van der Waals surface area contributed by atoms with Gasteiger partial charge >= 0.3 is 0 Å². The highest BCUT2D eigenvalue weighted by Crippen LogP contribution is 2.22. The zero-order valence-corrected chi connectivity index (χ0v) is 6.73. The van der Waals surface area contributed by atoms with E-state index >= 15 is 0 Å². The molecular weight excluding hydrogens is 148 g/mol. The van der Waals surface area contributed by atoms with Gasteiger partial charge < -0.3 is 19.7 Å². The van der Waals surface area contributed by atoms with Crippen molar-refractivity contribution in [3.05, 3.63) is 0 Å². The Kier molecular flexibility index (Phi) is 2.84. The molecule has 0 aromatic rings. The van der Waals surface area contributed by atoms with Crippen LogP contribution in [0.5, 0.6) is 0 Å². The van der Waals surface area contributed by atoms with Crippen LogP contribution in [0, 0.1) is 0 Å². The molecule has 1 aliphatic heterocycles. The summed E-state index contributed by atoms with van der Waals surface area (Å²) in [5.74, 6) is 0. The van der Waals surface area contributed by atoms with Crippen molar-refractivity contribution in [3.63, 3.8) is 0 Å². The van der Waals surface area contributed by atoms with Crippen LogP contribution in [0.2, 0.25) is 0 Å². The van der Waals surface area contributed by atoms with Gasteiger partial charge in [-0.1, -0.05) is 0 Å². The minimum Gasteiger partial charge on any atom is -0.390 e. The first-order valence-corrected chi connectivity index (χ1v) is 3.69. The lowest BCUT2D eigenvalue weighted by atomic mass is 10.1. The van der Waals surface area contributed by atoms with Gasteiger partial charge in [0, 0.05) is 13.5 Å². The average molecular weight is 162 g/mol. The van der Waals surface area contributed by atoms with Gasteiger partial charge in [0.1, 0.15) is 6.10 Å². The Bertz CT molecular complexity index is 124. The van der Waals surface area contributed by atoms with Crippen molar-refractivity contribution in [2.45, 2.75) is 37.9 Å². The van der Waals surface area contributed by atoms with Crippen LogP contribution in [0.1, 0.15) is 13.3 Å². The molecule has 0 saturated carbocycles. The van der Waals surface area contributed by atoms with Crippen molar-refractivity contribution >= 4 is 0 Å². The van der Waals surface area contributed by atoms with Crippen LogP contribution in [0.3, 0.4) is 0 Å². The highest BCUT2D eigenvalue weighted by Gasteiger charge is 2.36. The van der Waals surface area contributed by atoms with E-state index < -0.39 is 18.5 Å². The molecule has 0 radical (unpaired) electrons. The minimum absolute atomic E-state index is 0.179. The van der Waals surface area contributed by atoms with Gasteiger partial charge in [0.15, 0.2) is 6.29 Å². The molecule has 0 aliphatic carbocycles. The average Bonchev–Trinajstić information content (AvgIpc) is 2.28. The van der Waals surface area contributed by atoms with Gasteiger partial charge in [-0.05, 0) is 6.92 Å². The predicted octanol–water partition coefficient (Wildman–Crippen LogP) is -0.510. The molecule has 1 fully saturated rings. The second kappa shape index (κ2) is 3.49. The fourth-order valence-corrected chi connectivity index (χ4v) is 1.23. The summed E-state index contributed by atoms with van der Waals surface area (Å²) >= 11 is 0. The first-order chi connectivity index (χ1) is 5.15. The SMILES string of the molecule is CO[C@@H](C)[C@@H]1O[C@H](O)C[C@H]1O. The maximum atomic E-state index is 9.30. The molecule has 4 heteroatoms. The van der Waals surface area contributed by atoms with E-state index in [0.29, 0.717) is 0 Å². The molecule has 0 spiro atoms. The Morgan fingerprint density at radius 1 is 1.55 bits per heavy atom. The molecule has 2 N–H and O–H groups in total. The fraction of sp³-hybridized carbons (Fsp3) is 1.00. The van der Waals surface area contributed by atoms with E-state index in [9.17, 15) is 5.11 Å². The lowest BCUT2D eigenvalue weighted by Crippen LogP contribution is -2.33. The Balaban J connectivity index is 2.45. The molecule has 4 atom stereocenters. The number of hydrogen-bond acceptors (Lipinski definition) is 4. The molecule has 0 bridgehead atoms. The van der Waals surface area contributed by atoms with Gasteiger partial charge in [-0.15, -0.1) is 0 Å². The lowest BCUT2D eigenvalue weighted by molar-refractivity contribution is -0.132. The zero-order chi connectivity index (χ0) is 8.43. The van der Waals surface area contributed by atoms with Crippen molar-refractivity contribution < 1.29 is 19.7 Å². The van der Waals surface area contributed by atoms with Crippen molar-refractivity contribution in [3.8, 4) is 0 Å². The number of methoxy groups -OCH3 is 1. The topological polar surface area (TPSA) is 58.9 Å². The number of rotatable bonds is 2. The number of aliphatic hydroxyl groups is 2. The maximum absolute atomic E-state index is 9.30. The van der Waals surface area contributed by atoms with E-state index in [2.05, 4.69) is 0 Å². The van der Waals surface area contributed by atoms with Crippen LogP contribution in [-0.4, -0.2) is 41.9 Å². The van der Waals surface area contributed by atoms with Gasteiger partial charge in [0.2, 0.25) is 0 Å². The van der Waals surface area contributed by atoms with Gasteiger partial charge in [-0.2, -0.15) is 0 Å². The standard InChI is InChI=1S/C7H14O4/c1-4(10-2)7-5(8)3-6(9)11-7/h4-9H,3H2,1-2H3/t4-,5+,6-,7-/m0/s1. The Hall–Kier alpha value is -0.160. The second-order valence-electron chi connectivity index (χ2n) is 2.80. The normalized spacial score (nSPS) is 40.9. The predicted molar refractivity (Wildman–Crippen MR) is 38.0 cm³/mol. The molecule has 0 aromatic carbocycles. The summed E-state index contributed by atoms with van der Waals surface area (Å²) in [6.45, 7) is 1.80. The first-order valence-electron chi connectivity index (χ1n) is 3.69. The number of hydrogen-bond donors (Lipinski definition) is 2. The monoisotopic (exact) mass is 162 g/mol. The molecule has 1 aliphatic rings. The van der Waals surface area contributed by atoms with E-state index in [4.69, 9.17) is 14.6 Å². The largest absolute Gasteiger partial charge is 0.390 e. The molecular formula is C7H14O4. The van der Waals surface area contributed by atoms with Crippen LogP contribution in [0.25, 0.3) is 0 Å². The van der Waals surface area contributed by atoms with Crippen molar-refractivity contribution in [1.82, 2.24) is 0 Å². The van der Waals surface area contributed by atoms with Gasteiger partial charge in [0.25, 0.3) is 0 Å². The lowest BCUT2D eigenvalue weighted by Gasteiger charge is -2.19. The van der Waals surface area contributed by atoms with Gasteiger partial charge in [0.05, 0.1) is 12.2 Å². The van der Waals surface area contributed by atoms with E-state index in [-0.39, 0.29) is 12.5 Å². The Labute approximate surface area is 65.7 Å². The van der Waals surface area contributed by atoms with Crippen LogP contribution < -0.4 is 0 Å².